The van der Waals surface area contributed by atoms with E-state index in [0.717, 1.165) is 35.3 Å². The van der Waals surface area contributed by atoms with Crippen molar-refractivity contribution >= 4 is 17.8 Å². The van der Waals surface area contributed by atoms with E-state index < -0.39 is 11.6 Å². The van der Waals surface area contributed by atoms with Crippen LogP contribution in [0, 0.1) is 0 Å². The van der Waals surface area contributed by atoms with Crippen molar-refractivity contribution in [2.24, 2.45) is 0 Å². The van der Waals surface area contributed by atoms with Crippen LogP contribution >= 0.6 is 0 Å². The van der Waals surface area contributed by atoms with Gasteiger partial charge in [0.15, 0.2) is 0 Å². The zero-order valence-corrected chi connectivity index (χ0v) is 16.3. The molecule has 6 heteroatoms. The molecule has 1 atom stereocenters. The molecule has 2 aliphatic rings. The highest BCUT2D eigenvalue weighted by Gasteiger charge is 2.49. The van der Waals surface area contributed by atoms with E-state index in [2.05, 4.69) is 11.9 Å². The standard InChI is InChI=1S/C21H27N3O3/c1-5-23(12-14(2)3)18(25)13-24-19(26)21(4,22-20(24)27)17-10-9-15-7-6-8-16(15)11-17/h9-11H,2,5-8,12-13H2,1,3-4H3,(H,22,27). The van der Waals surface area contributed by atoms with Gasteiger partial charge >= 0.3 is 6.03 Å². The van der Waals surface area contributed by atoms with Gasteiger partial charge in [0.2, 0.25) is 5.91 Å². The predicted molar refractivity (Wildman–Crippen MR) is 103 cm³/mol. The van der Waals surface area contributed by atoms with E-state index in [1.165, 1.54) is 11.1 Å². The zero-order chi connectivity index (χ0) is 19.8. The number of amides is 4. The summed E-state index contributed by atoms with van der Waals surface area (Å²) in [6, 6.07) is 5.45. The van der Waals surface area contributed by atoms with Gasteiger partial charge in [-0.05, 0) is 56.7 Å². The summed E-state index contributed by atoms with van der Waals surface area (Å²) in [5.74, 6) is -0.646. The summed E-state index contributed by atoms with van der Waals surface area (Å²) in [7, 11) is 0. The Kier molecular flexibility index (Phi) is 5.09. The van der Waals surface area contributed by atoms with E-state index in [1.54, 1.807) is 11.8 Å². The second-order valence-electron chi connectivity index (χ2n) is 7.65. The molecular formula is C21H27N3O3. The minimum Gasteiger partial charge on any atom is -0.337 e. The summed E-state index contributed by atoms with van der Waals surface area (Å²) in [4.78, 5) is 40.7. The first kappa shape index (κ1) is 19.1. The fourth-order valence-electron chi connectivity index (χ4n) is 3.86. The Morgan fingerprint density at radius 1 is 1.30 bits per heavy atom. The molecule has 6 nitrogen and oxygen atoms in total. The number of rotatable bonds is 6. The Morgan fingerprint density at radius 3 is 2.67 bits per heavy atom. The van der Waals surface area contributed by atoms with Crippen LogP contribution in [0.4, 0.5) is 4.79 Å². The van der Waals surface area contributed by atoms with Crippen LogP contribution < -0.4 is 5.32 Å². The molecule has 3 rings (SSSR count). The molecule has 1 fully saturated rings. The second kappa shape index (κ2) is 7.18. The van der Waals surface area contributed by atoms with Crippen molar-refractivity contribution < 1.29 is 14.4 Å². The fraction of sp³-hybridized carbons (Fsp3) is 0.476. The number of nitrogens with zero attached hydrogens (tertiary/aromatic N) is 2. The van der Waals surface area contributed by atoms with Crippen molar-refractivity contribution in [2.75, 3.05) is 19.6 Å². The smallest absolute Gasteiger partial charge is 0.325 e. The fourth-order valence-corrected chi connectivity index (χ4v) is 3.86. The third-order valence-corrected chi connectivity index (χ3v) is 5.44. The molecule has 1 N–H and O–H groups in total. The van der Waals surface area contributed by atoms with E-state index >= 15 is 0 Å². The number of aryl methyl sites for hydroxylation is 2. The third-order valence-electron chi connectivity index (χ3n) is 5.44. The minimum atomic E-state index is -1.14. The van der Waals surface area contributed by atoms with Crippen molar-refractivity contribution in [3.8, 4) is 0 Å². The third kappa shape index (κ3) is 3.48. The first-order valence-corrected chi connectivity index (χ1v) is 9.44. The summed E-state index contributed by atoms with van der Waals surface area (Å²) in [6.07, 6.45) is 3.17. The van der Waals surface area contributed by atoms with Crippen molar-refractivity contribution in [3.05, 3.63) is 47.0 Å². The lowest BCUT2D eigenvalue weighted by molar-refractivity contribution is -0.138. The van der Waals surface area contributed by atoms with Crippen LogP contribution in [0.15, 0.2) is 30.4 Å². The lowest BCUT2D eigenvalue weighted by atomic mass is 9.89. The summed E-state index contributed by atoms with van der Waals surface area (Å²) < 4.78 is 0. The lowest BCUT2D eigenvalue weighted by Crippen LogP contribution is -2.45. The SMILES string of the molecule is C=C(C)CN(CC)C(=O)CN1C(=O)NC(C)(c2ccc3c(c2)CCC3)C1=O. The maximum atomic E-state index is 13.1. The Balaban J connectivity index is 1.80. The van der Waals surface area contributed by atoms with Crippen molar-refractivity contribution in [2.45, 2.75) is 45.6 Å². The van der Waals surface area contributed by atoms with Gasteiger partial charge in [-0.25, -0.2) is 4.79 Å². The Morgan fingerprint density at radius 2 is 2.00 bits per heavy atom. The number of benzene rings is 1. The molecule has 1 aromatic rings. The van der Waals surface area contributed by atoms with Crippen LogP contribution in [0.3, 0.4) is 0 Å². The first-order chi connectivity index (χ1) is 12.8. The first-order valence-electron chi connectivity index (χ1n) is 9.44. The topological polar surface area (TPSA) is 69.7 Å². The zero-order valence-electron chi connectivity index (χ0n) is 16.3. The van der Waals surface area contributed by atoms with Crippen LogP contribution in [-0.2, 0) is 28.0 Å². The normalized spacial score (nSPS) is 21.2. The quantitative estimate of drug-likeness (QED) is 0.618. The van der Waals surface area contributed by atoms with Crippen molar-refractivity contribution in [3.63, 3.8) is 0 Å². The number of carbonyl (C=O) groups is 3. The van der Waals surface area contributed by atoms with Gasteiger partial charge in [0.1, 0.15) is 12.1 Å². The lowest BCUT2D eigenvalue weighted by Gasteiger charge is -2.25. The van der Waals surface area contributed by atoms with E-state index in [0.29, 0.717) is 13.1 Å². The summed E-state index contributed by atoms with van der Waals surface area (Å²) in [5.41, 5.74) is 3.03. The van der Waals surface area contributed by atoms with E-state index in [9.17, 15) is 14.4 Å². The molecule has 27 heavy (non-hydrogen) atoms. The second-order valence-corrected chi connectivity index (χ2v) is 7.65. The van der Waals surface area contributed by atoms with E-state index in [-0.39, 0.29) is 18.4 Å². The highest BCUT2D eigenvalue weighted by atomic mass is 16.2. The van der Waals surface area contributed by atoms with Gasteiger partial charge in [-0.3, -0.25) is 14.5 Å². The molecule has 0 radical (unpaired) electrons. The van der Waals surface area contributed by atoms with Crippen LogP contribution in [-0.4, -0.2) is 47.3 Å². The molecular weight excluding hydrogens is 342 g/mol. The number of imide groups is 1. The Labute approximate surface area is 160 Å². The highest BCUT2D eigenvalue weighted by Crippen LogP contribution is 2.32. The maximum absolute atomic E-state index is 13.1. The van der Waals surface area contributed by atoms with Gasteiger partial charge in [0.05, 0.1) is 0 Å². The summed E-state index contributed by atoms with van der Waals surface area (Å²) >= 11 is 0. The molecule has 1 aliphatic heterocycles. The molecule has 0 aromatic heterocycles. The summed E-state index contributed by atoms with van der Waals surface area (Å²) in [5, 5.41) is 2.79. The maximum Gasteiger partial charge on any atom is 0.325 e. The van der Waals surface area contributed by atoms with E-state index in [1.807, 2.05) is 32.0 Å². The Hall–Kier alpha value is -2.63. The molecule has 0 saturated carbocycles. The molecule has 0 bridgehead atoms. The monoisotopic (exact) mass is 369 g/mol. The van der Waals surface area contributed by atoms with Gasteiger partial charge in [-0.1, -0.05) is 30.4 Å². The molecule has 1 unspecified atom stereocenters. The molecule has 1 aromatic carbocycles. The average molecular weight is 369 g/mol. The highest BCUT2D eigenvalue weighted by molar-refractivity contribution is 6.09. The van der Waals surface area contributed by atoms with Crippen molar-refractivity contribution in [1.82, 2.24) is 15.1 Å². The van der Waals surface area contributed by atoms with Crippen LogP contribution in [0.25, 0.3) is 0 Å². The van der Waals surface area contributed by atoms with Crippen molar-refractivity contribution in [1.29, 1.82) is 0 Å². The molecule has 4 amide bonds. The van der Waals surface area contributed by atoms with Gasteiger partial charge in [-0.2, -0.15) is 0 Å². The number of fused-ring (bicyclic) bond motifs is 1. The van der Waals surface area contributed by atoms with Crippen LogP contribution in [0.5, 0.6) is 0 Å². The van der Waals surface area contributed by atoms with Gasteiger partial charge in [0, 0.05) is 13.1 Å². The van der Waals surface area contributed by atoms with Gasteiger partial charge in [-0.15, -0.1) is 0 Å². The molecule has 1 saturated heterocycles. The van der Waals surface area contributed by atoms with Crippen LogP contribution in [0.2, 0.25) is 0 Å². The number of nitrogens with one attached hydrogen (secondary N) is 1. The predicted octanol–water partition coefficient (Wildman–Crippen LogP) is 2.37. The van der Waals surface area contributed by atoms with Gasteiger partial charge < -0.3 is 10.2 Å². The van der Waals surface area contributed by atoms with E-state index in [4.69, 9.17) is 0 Å². The molecule has 1 heterocycles. The summed E-state index contributed by atoms with van der Waals surface area (Å²) in [6.45, 7) is 9.89. The number of urea groups is 1. The molecule has 1 aliphatic carbocycles. The van der Waals surface area contributed by atoms with Gasteiger partial charge in [0.25, 0.3) is 5.91 Å². The number of likely N-dealkylation sites (N-methyl/N-ethyl adjacent to an activating group) is 1. The number of hydrogen-bond donors (Lipinski definition) is 1. The minimum absolute atomic E-state index is 0.258. The number of hydrogen-bond acceptors (Lipinski definition) is 3. The molecule has 144 valence electrons. The average Bonchev–Trinajstić information content (AvgIpc) is 3.17. The number of carbonyl (C=O) groups excluding carboxylic acids is 3. The largest absolute Gasteiger partial charge is 0.337 e. The molecule has 0 spiro atoms. The van der Waals surface area contributed by atoms with Crippen LogP contribution in [0.1, 0.15) is 43.9 Å². The Bertz CT molecular complexity index is 817.